The summed E-state index contributed by atoms with van der Waals surface area (Å²) in [5.41, 5.74) is 4.07. The van der Waals surface area contributed by atoms with Crippen LogP contribution in [0.3, 0.4) is 0 Å². The quantitative estimate of drug-likeness (QED) is 0.661. The van der Waals surface area contributed by atoms with E-state index in [1.807, 2.05) is 12.1 Å². The van der Waals surface area contributed by atoms with Gasteiger partial charge in [-0.15, -0.1) is 0 Å². The number of carboxylic acid groups (broad SMARTS) is 1. The zero-order valence-electron chi connectivity index (χ0n) is 11.2. The van der Waals surface area contributed by atoms with Crippen LogP contribution < -0.4 is 26.3 Å². The molecule has 2 nitrogen and oxygen atoms in total. The molecule has 0 aliphatic rings. The number of carboxylic acids is 1. The van der Waals surface area contributed by atoms with Crippen molar-refractivity contribution in [1.82, 2.24) is 0 Å². The van der Waals surface area contributed by atoms with Crippen molar-refractivity contribution in [2.24, 2.45) is 0 Å². The van der Waals surface area contributed by atoms with Crippen LogP contribution in [0.1, 0.15) is 27.0 Å². The monoisotopic (exact) mass is 366 g/mol. The summed E-state index contributed by atoms with van der Waals surface area (Å²) >= 11 is -0.504. The molecule has 0 aliphatic heterocycles. The molecule has 19 heavy (non-hydrogen) atoms. The average Bonchev–Trinajstić information content (AvgIpc) is 2.34. The SMILES string of the molecule is Cc1cc(C)c([I-]c2ccccc2C(=O)[O-])c(C)c1. The van der Waals surface area contributed by atoms with E-state index in [1.165, 1.54) is 20.3 Å². The van der Waals surface area contributed by atoms with Crippen molar-refractivity contribution in [3.63, 3.8) is 0 Å². The topological polar surface area (TPSA) is 40.1 Å². The Kier molecular flexibility index (Phi) is 4.24. The molecule has 0 amide bonds. The molecule has 2 aromatic carbocycles. The summed E-state index contributed by atoms with van der Waals surface area (Å²) in [6.45, 7) is 6.27. The Morgan fingerprint density at radius 1 is 1.05 bits per heavy atom. The van der Waals surface area contributed by atoms with Crippen LogP contribution in [0.2, 0.25) is 0 Å². The molecule has 0 spiro atoms. The van der Waals surface area contributed by atoms with E-state index in [1.54, 1.807) is 12.1 Å². The number of aromatic carboxylic acids is 1. The second-order valence-electron chi connectivity index (χ2n) is 4.57. The molecule has 0 radical (unpaired) electrons. The molecule has 0 aromatic heterocycles. The van der Waals surface area contributed by atoms with Crippen molar-refractivity contribution >= 4 is 5.97 Å². The van der Waals surface area contributed by atoms with E-state index in [4.69, 9.17) is 0 Å². The van der Waals surface area contributed by atoms with Gasteiger partial charge in [-0.1, -0.05) is 0 Å². The van der Waals surface area contributed by atoms with Gasteiger partial charge < -0.3 is 0 Å². The van der Waals surface area contributed by atoms with Gasteiger partial charge in [0.15, 0.2) is 0 Å². The normalized spacial score (nSPS) is 10.7. The molecule has 0 heterocycles. The predicted octanol–water partition coefficient (Wildman–Crippen LogP) is -0.896. The van der Waals surface area contributed by atoms with E-state index in [2.05, 4.69) is 32.9 Å². The Bertz CT molecular complexity index is 609. The van der Waals surface area contributed by atoms with E-state index < -0.39 is 27.2 Å². The number of carbonyl (C=O) groups excluding carboxylic acids is 1. The first-order valence-electron chi connectivity index (χ1n) is 6.02. The standard InChI is InChI=1S/C16H16IO2/c1-10-8-11(2)15(12(3)9-10)17-14-7-5-4-6-13(14)16(18)19/h4-9H,1-3H3,(H,18,19)/q-1/p-1. The maximum absolute atomic E-state index is 11.1. The summed E-state index contributed by atoms with van der Waals surface area (Å²) in [4.78, 5) is 11.1. The molecular formula is C16H15IO2-2. The molecule has 0 unspecified atom stereocenters. The van der Waals surface area contributed by atoms with E-state index >= 15 is 0 Å². The Morgan fingerprint density at radius 3 is 2.21 bits per heavy atom. The van der Waals surface area contributed by atoms with Gasteiger partial charge in [-0.25, -0.2) is 0 Å². The summed E-state index contributed by atoms with van der Waals surface area (Å²) in [5.74, 6) is -1.09. The fourth-order valence-corrected chi connectivity index (χ4v) is 4.94. The fraction of sp³-hybridized carbons (Fsp3) is 0.188. The Morgan fingerprint density at radius 2 is 1.63 bits per heavy atom. The molecule has 0 fully saturated rings. The van der Waals surface area contributed by atoms with Crippen molar-refractivity contribution in [1.29, 1.82) is 0 Å². The number of hydrogen-bond acceptors (Lipinski definition) is 2. The minimum absolute atomic E-state index is 0.328. The number of hydrogen-bond donors (Lipinski definition) is 0. The molecule has 2 rings (SSSR count). The summed E-state index contributed by atoms with van der Waals surface area (Å²) in [6, 6.07) is 11.5. The molecule has 0 aliphatic carbocycles. The number of rotatable bonds is 3. The van der Waals surface area contributed by atoms with Crippen molar-refractivity contribution < 1.29 is 31.1 Å². The second-order valence-corrected chi connectivity index (χ2v) is 7.35. The fourth-order valence-electron chi connectivity index (χ4n) is 2.12. The van der Waals surface area contributed by atoms with Gasteiger partial charge in [0.2, 0.25) is 0 Å². The van der Waals surface area contributed by atoms with Gasteiger partial charge in [-0.3, -0.25) is 0 Å². The van der Waals surface area contributed by atoms with Crippen LogP contribution in [0.25, 0.3) is 0 Å². The third kappa shape index (κ3) is 3.15. The predicted molar refractivity (Wildman–Crippen MR) is 68.8 cm³/mol. The molecule has 0 atom stereocenters. The number of carbonyl (C=O) groups is 1. The van der Waals surface area contributed by atoms with Gasteiger partial charge in [0.25, 0.3) is 0 Å². The molecule has 0 saturated carbocycles. The van der Waals surface area contributed by atoms with Crippen LogP contribution in [-0.2, 0) is 0 Å². The van der Waals surface area contributed by atoms with Gasteiger partial charge >= 0.3 is 124 Å². The molecule has 2 aromatic rings. The third-order valence-corrected chi connectivity index (χ3v) is 6.63. The Hall–Kier alpha value is -1.36. The molecule has 0 bridgehead atoms. The van der Waals surface area contributed by atoms with Gasteiger partial charge in [-0.05, 0) is 0 Å². The van der Waals surface area contributed by atoms with Crippen molar-refractivity contribution in [3.05, 3.63) is 65.8 Å². The van der Waals surface area contributed by atoms with E-state index in [9.17, 15) is 9.90 Å². The maximum atomic E-state index is 11.1. The summed E-state index contributed by atoms with van der Waals surface area (Å²) in [7, 11) is 0. The first-order valence-corrected chi connectivity index (χ1v) is 8.18. The zero-order valence-corrected chi connectivity index (χ0v) is 13.3. The van der Waals surface area contributed by atoms with Gasteiger partial charge in [0.1, 0.15) is 0 Å². The van der Waals surface area contributed by atoms with Crippen LogP contribution in [0, 0.1) is 27.9 Å². The second kappa shape index (κ2) is 5.74. The average molecular weight is 366 g/mol. The molecular weight excluding hydrogens is 351 g/mol. The van der Waals surface area contributed by atoms with Crippen LogP contribution in [-0.4, -0.2) is 5.97 Å². The summed E-state index contributed by atoms with van der Waals surface area (Å²) in [6.07, 6.45) is 0. The van der Waals surface area contributed by atoms with Crippen LogP contribution >= 0.6 is 0 Å². The van der Waals surface area contributed by atoms with E-state index in [0.717, 1.165) is 3.57 Å². The third-order valence-electron chi connectivity index (χ3n) is 2.87. The van der Waals surface area contributed by atoms with Gasteiger partial charge in [-0.2, -0.15) is 0 Å². The van der Waals surface area contributed by atoms with Gasteiger partial charge in [0.05, 0.1) is 0 Å². The van der Waals surface area contributed by atoms with Crippen LogP contribution in [0.5, 0.6) is 0 Å². The molecule has 0 saturated heterocycles. The number of benzene rings is 2. The van der Waals surface area contributed by atoms with Crippen molar-refractivity contribution in [2.45, 2.75) is 20.8 Å². The number of aryl methyl sites for hydroxylation is 3. The minimum atomic E-state index is -1.09. The molecule has 3 heteroatoms. The Labute approximate surface area is 123 Å². The van der Waals surface area contributed by atoms with Crippen LogP contribution in [0.4, 0.5) is 0 Å². The van der Waals surface area contributed by atoms with Crippen LogP contribution in [0.15, 0.2) is 36.4 Å². The Balaban J connectivity index is 2.45. The first-order chi connectivity index (χ1) is 8.99. The van der Waals surface area contributed by atoms with Gasteiger partial charge in [0, 0.05) is 0 Å². The number of halogens is 1. The van der Waals surface area contributed by atoms with Crippen molar-refractivity contribution in [2.75, 3.05) is 0 Å². The van der Waals surface area contributed by atoms with Crippen molar-refractivity contribution in [3.8, 4) is 0 Å². The first kappa shape index (κ1) is 14.1. The summed E-state index contributed by atoms with van der Waals surface area (Å²) < 4.78 is 2.22. The molecule has 0 N–H and O–H groups in total. The molecule has 100 valence electrons. The zero-order chi connectivity index (χ0) is 14.0. The van der Waals surface area contributed by atoms with E-state index in [-0.39, 0.29) is 0 Å². The van der Waals surface area contributed by atoms with E-state index in [0.29, 0.717) is 5.56 Å². The summed E-state index contributed by atoms with van der Waals surface area (Å²) in [5, 5.41) is 11.1.